The van der Waals surface area contributed by atoms with Crippen molar-refractivity contribution in [1.82, 2.24) is 14.6 Å². The summed E-state index contributed by atoms with van der Waals surface area (Å²) in [6, 6.07) is 16.2. The van der Waals surface area contributed by atoms with Crippen LogP contribution in [0.4, 0.5) is 5.82 Å². The number of carbonyl (C=O) groups excluding carboxylic acids is 2. The highest BCUT2D eigenvalue weighted by molar-refractivity contribution is 7.12. The SMILES string of the molecule is O=C(Cc1ccccc1)N(C(=O)c1cccs1)c1ccnc2ccnn12. The molecule has 2 amide bonds. The molecule has 0 N–H and O–H groups in total. The molecule has 0 aliphatic carbocycles. The highest BCUT2D eigenvalue weighted by atomic mass is 32.1. The van der Waals surface area contributed by atoms with Crippen LogP contribution in [0.2, 0.25) is 0 Å². The monoisotopic (exact) mass is 362 g/mol. The maximum Gasteiger partial charge on any atom is 0.276 e. The van der Waals surface area contributed by atoms with Crippen LogP contribution in [0.15, 0.2) is 72.4 Å². The maximum absolute atomic E-state index is 13.1. The molecule has 0 atom stereocenters. The molecule has 0 aliphatic heterocycles. The molecule has 0 bridgehead atoms. The average molecular weight is 362 g/mol. The molecule has 0 radical (unpaired) electrons. The fourth-order valence-electron chi connectivity index (χ4n) is 2.70. The van der Waals surface area contributed by atoms with E-state index < -0.39 is 0 Å². The van der Waals surface area contributed by atoms with Crippen molar-refractivity contribution in [3.63, 3.8) is 0 Å². The summed E-state index contributed by atoms with van der Waals surface area (Å²) in [4.78, 5) is 32.0. The highest BCUT2D eigenvalue weighted by Crippen LogP contribution is 2.21. The van der Waals surface area contributed by atoms with Crippen LogP contribution in [-0.2, 0) is 11.2 Å². The molecular weight excluding hydrogens is 348 g/mol. The van der Waals surface area contributed by atoms with E-state index >= 15 is 0 Å². The second kappa shape index (κ2) is 6.89. The second-order valence-corrected chi connectivity index (χ2v) is 6.53. The highest BCUT2D eigenvalue weighted by Gasteiger charge is 2.27. The van der Waals surface area contributed by atoms with Gasteiger partial charge in [0.1, 0.15) is 5.82 Å². The van der Waals surface area contributed by atoms with Crippen LogP contribution in [0.25, 0.3) is 5.65 Å². The van der Waals surface area contributed by atoms with Crippen LogP contribution in [0.5, 0.6) is 0 Å². The standard InChI is InChI=1S/C19H14N4O2S/c24-18(13-14-5-2-1-3-6-14)22(19(25)15-7-4-12-26-15)17-9-10-20-16-8-11-21-23(16)17/h1-12H,13H2. The quantitative estimate of drug-likeness (QED) is 0.559. The fourth-order valence-corrected chi connectivity index (χ4v) is 3.35. The molecular formula is C19H14N4O2S. The number of imide groups is 1. The molecule has 128 valence electrons. The van der Waals surface area contributed by atoms with Crippen LogP contribution in [0, 0.1) is 0 Å². The first-order valence-electron chi connectivity index (χ1n) is 7.97. The molecule has 7 heteroatoms. The Labute approximate surface area is 153 Å². The second-order valence-electron chi connectivity index (χ2n) is 5.58. The lowest BCUT2D eigenvalue weighted by Crippen LogP contribution is -2.39. The Kier molecular flexibility index (Phi) is 4.28. The first-order valence-corrected chi connectivity index (χ1v) is 8.85. The Morgan fingerprint density at radius 3 is 2.62 bits per heavy atom. The van der Waals surface area contributed by atoms with Gasteiger partial charge in [0.2, 0.25) is 5.91 Å². The van der Waals surface area contributed by atoms with E-state index in [0.29, 0.717) is 16.3 Å². The zero-order chi connectivity index (χ0) is 17.9. The normalized spacial score (nSPS) is 10.8. The molecule has 4 aromatic rings. The zero-order valence-corrected chi connectivity index (χ0v) is 14.5. The average Bonchev–Trinajstić information content (AvgIpc) is 3.35. The van der Waals surface area contributed by atoms with E-state index in [0.717, 1.165) is 5.56 Å². The number of benzene rings is 1. The summed E-state index contributed by atoms with van der Waals surface area (Å²) in [5.41, 5.74) is 1.41. The zero-order valence-electron chi connectivity index (χ0n) is 13.6. The van der Waals surface area contributed by atoms with Crippen molar-refractivity contribution in [2.24, 2.45) is 0 Å². The Hall–Kier alpha value is -3.32. The predicted molar refractivity (Wildman–Crippen MR) is 99.3 cm³/mol. The number of rotatable bonds is 4. The Balaban J connectivity index is 1.78. The third-order valence-electron chi connectivity index (χ3n) is 3.88. The van der Waals surface area contributed by atoms with Crippen LogP contribution >= 0.6 is 11.3 Å². The Morgan fingerprint density at radius 1 is 1.00 bits per heavy atom. The van der Waals surface area contributed by atoms with Gasteiger partial charge in [0, 0.05) is 18.3 Å². The van der Waals surface area contributed by atoms with Gasteiger partial charge in [-0.15, -0.1) is 11.3 Å². The molecule has 26 heavy (non-hydrogen) atoms. The molecule has 4 rings (SSSR count). The summed E-state index contributed by atoms with van der Waals surface area (Å²) in [7, 11) is 0. The Bertz CT molecular complexity index is 1060. The van der Waals surface area contributed by atoms with Gasteiger partial charge in [0.05, 0.1) is 17.5 Å². The third kappa shape index (κ3) is 3.00. The number of anilines is 1. The number of aromatic nitrogens is 3. The fraction of sp³-hybridized carbons (Fsp3) is 0.0526. The van der Waals surface area contributed by atoms with Crippen LogP contribution in [-0.4, -0.2) is 26.4 Å². The van der Waals surface area contributed by atoms with Crippen molar-refractivity contribution in [2.45, 2.75) is 6.42 Å². The Morgan fingerprint density at radius 2 is 1.85 bits per heavy atom. The minimum absolute atomic E-state index is 0.114. The lowest BCUT2D eigenvalue weighted by molar-refractivity contribution is -0.117. The van der Waals surface area contributed by atoms with Crippen molar-refractivity contribution in [1.29, 1.82) is 0 Å². The summed E-state index contributed by atoms with van der Waals surface area (Å²) in [6.07, 6.45) is 3.27. The summed E-state index contributed by atoms with van der Waals surface area (Å²) in [5.74, 6) is -0.319. The van der Waals surface area contributed by atoms with Gasteiger partial charge in [0.25, 0.3) is 5.91 Å². The minimum Gasteiger partial charge on any atom is -0.274 e. The molecule has 0 spiro atoms. The van der Waals surface area contributed by atoms with Crippen molar-refractivity contribution >= 4 is 34.6 Å². The predicted octanol–water partition coefficient (Wildman–Crippen LogP) is 3.21. The summed E-state index contributed by atoms with van der Waals surface area (Å²) >= 11 is 1.30. The van der Waals surface area contributed by atoms with E-state index in [1.807, 2.05) is 35.7 Å². The van der Waals surface area contributed by atoms with E-state index in [2.05, 4.69) is 10.1 Å². The molecule has 3 heterocycles. The van der Waals surface area contributed by atoms with E-state index in [9.17, 15) is 9.59 Å². The van der Waals surface area contributed by atoms with Gasteiger partial charge >= 0.3 is 0 Å². The molecule has 0 saturated heterocycles. The number of hydrogen-bond donors (Lipinski definition) is 0. The van der Waals surface area contributed by atoms with E-state index in [1.54, 1.807) is 36.7 Å². The van der Waals surface area contributed by atoms with Crippen LogP contribution in [0.1, 0.15) is 15.2 Å². The van der Waals surface area contributed by atoms with Crippen LogP contribution in [0.3, 0.4) is 0 Å². The number of thiophene rings is 1. The summed E-state index contributed by atoms with van der Waals surface area (Å²) in [5, 5.41) is 6.01. The molecule has 6 nitrogen and oxygen atoms in total. The first kappa shape index (κ1) is 16.2. The largest absolute Gasteiger partial charge is 0.276 e. The number of fused-ring (bicyclic) bond motifs is 1. The van der Waals surface area contributed by atoms with Gasteiger partial charge in [-0.3, -0.25) is 9.59 Å². The van der Waals surface area contributed by atoms with Crippen molar-refractivity contribution in [3.8, 4) is 0 Å². The van der Waals surface area contributed by atoms with Gasteiger partial charge in [-0.2, -0.15) is 9.61 Å². The molecule has 0 saturated carbocycles. The molecule has 0 fully saturated rings. The van der Waals surface area contributed by atoms with Crippen molar-refractivity contribution < 1.29 is 9.59 Å². The molecule has 3 aromatic heterocycles. The molecule has 0 unspecified atom stereocenters. The summed E-state index contributed by atoms with van der Waals surface area (Å²) < 4.78 is 1.49. The molecule has 0 aliphatic rings. The van der Waals surface area contributed by atoms with E-state index in [1.165, 1.54) is 20.8 Å². The number of carbonyl (C=O) groups is 2. The third-order valence-corrected chi connectivity index (χ3v) is 4.74. The smallest absolute Gasteiger partial charge is 0.274 e. The lowest BCUT2D eigenvalue weighted by atomic mass is 10.1. The topological polar surface area (TPSA) is 67.6 Å². The number of nitrogens with zero attached hydrogens (tertiary/aromatic N) is 4. The van der Waals surface area contributed by atoms with Gasteiger partial charge in [-0.1, -0.05) is 36.4 Å². The number of amides is 2. The van der Waals surface area contributed by atoms with Crippen molar-refractivity contribution in [3.05, 3.63) is 82.8 Å². The van der Waals surface area contributed by atoms with Crippen molar-refractivity contribution in [2.75, 3.05) is 4.90 Å². The maximum atomic E-state index is 13.1. The van der Waals surface area contributed by atoms with Gasteiger partial charge in [-0.25, -0.2) is 9.88 Å². The number of hydrogen-bond acceptors (Lipinski definition) is 5. The van der Waals surface area contributed by atoms with E-state index in [4.69, 9.17) is 0 Å². The van der Waals surface area contributed by atoms with E-state index in [-0.39, 0.29) is 18.2 Å². The minimum atomic E-state index is -0.371. The summed E-state index contributed by atoms with van der Waals surface area (Å²) in [6.45, 7) is 0. The van der Waals surface area contributed by atoms with Gasteiger partial charge in [0.15, 0.2) is 5.65 Å². The van der Waals surface area contributed by atoms with Crippen LogP contribution < -0.4 is 4.90 Å². The lowest BCUT2D eigenvalue weighted by Gasteiger charge is -2.21. The van der Waals surface area contributed by atoms with Gasteiger partial charge in [-0.05, 0) is 17.0 Å². The first-order chi connectivity index (χ1) is 12.7. The molecule has 1 aromatic carbocycles. The van der Waals surface area contributed by atoms with Gasteiger partial charge < -0.3 is 0 Å².